The molecule has 5 heteroatoms. The van der Waals surface area contributed by atoms with Gasteiger partial charge in [-0.2, -0.15) is 5.26 Å². The van der Waals surface area contributed by atoms with Gasteiger partial charge in [-0.1, -0.05) is 23.7 Å². The van der Waals surface area contributed by atoms with Gasteiger partial charge in [0.05, 0.1) is 0 Å². The summed E-state index contributed by atoms with van der Waals surface area (Å²) in [5, 5.41) is 9.51. The Morgan fingerprint density at radius 1 is 1.53 bits per heavy atom. The molecule has 1 unspecified atom stereocenters. The van der Waals surface area contributed by atoms with Gasteiger partial charge >= 0.3 is 0 Å². The van der Waals surface area contributed by atoms with Crippen LogP contribution in [0.4, 0.5) is 0 Å². The number of rotatable bonds is 1. The van der Waals surface area contributed by atoms with Crippen molar-refractivity contribution in [3.05, 3.63) is 46.3 Å². The van der Waals surface area contributed by atoms with Crippen LogP contribution in [0.25, 0.3) is 0 Å². The first-order chi connectivity index (χ1) is 7.22. The highest BCUT2D eigenvalue weighted by Crippen LogP contribution is 2.28. The van der Waals surface area contributed by atoms with E-state index in [1.165, 1.54) is 0 Å². The van der Waals surface area contributed by atoms with Crippen LogP contribution in [-0.4, -0.2) is 0 Å². The van der Waals surface area contributed by atoms with E-state index in [9.17, 15) is 0 Å². The molecule has 15 heavy (non-hydrogen) atoms. The fourth-order valence-electron chi connectivity index (χ4n) is 1.42. The molecule has 2 rings (SSSR count). The van der Waals surface area contributed by atoms with Gasteiger partial charge in [-0.25, -0.2) is 0 Å². The topological polar surface area (TPSA) is 71.1 Å². The Hall–Kier alpha value is -1.70. The first-order valence-electron chi connectivity index (χ1n) is 4.30. The van der Waals surface area contributed by atoms with E-state index in [1.807, 2.05) is 18.2 Å². The lowest BCUT2D eigenvalue weighted by molar-refractivity contribution is 0.114. The molecule has 1 aliphatic rings. The van der Waals surface area contributed by atoms with Crippen LogP contribution < -0.4 is 11.2 Å². The van der Waals surface area contributed by atoms with Crippen molar-refractivity contribution in [2.75, 3.05) is 0 Å². The average Bonchev–Trinajstić information content (AvgIpc) is 2.59. The maximum Gasteiger partial charge on any atom is 0.225 e. The summed E-state index contributed by atoms with van der Waals surface area (Å²) >= 11 is 5.85. The van der Waals surface area contributed by atoms with Crippen LogP contribution in [0.5, 0.6) is 0 Å². The minimum absolute atomic E-state index is 0.113. The largest absolute Gasteiger partial charge is 0.389 e. The van der Waals surface area contributed by atoms with Crippen molar-refractivity contribution in [2.45, 2.75) is 6.04 Å². The number of hydrogen-bond acceptors (Lipinski definition) is 4. The maximum atomic E-state index is 8.90. The summed E-state index contributed by atoms with van der Waals surface area (Å²) in [7, 11) is 0. The number of nitrogens with zero attached hydrogens (tertiary/aromatic N) is 1. The van der Waals surface area contributed by atoms with E-state index in [0.717, 1.165) is 5.56 Å². The zero-order valence-corrected chi connectivity index (χ0v) is 8.45. The predicted molar refractivity (Wildman–Crippen MR) is 55.2 cm³/mol. The predicted octanol–water partition coefficient (Wildman–Crippen LogP) is 1.61. The Morgan fingerprint density at radius 3 is 3.00 bits per heavy atom. The van der Waals surface area contributed by atoms with Crippen LogP contribution in [0.2, 0.25) is 5.02 Å². The van der Waals surface area contributed by atoms with Crippen LogP contribution in [-0.2, 0) is 4.84 Å². The molecule has 0 radical (unpaired) electrons. The van der Waals surface area contributed by atoms with Gasteiger partial charge in [0.15, 0.2) is 0 Å². The first-order valence-corrected chi connectivity index (χ1v) is 4.67. The number of nitrogens with one attached hydrogen (secondary N) is 1. The zero-order chi connectivity index (χ0) is 10.8. The summed E-state index contributed by atoms with van der Waals surface area (Å²) in [6.07, 6.45) is 0. The third-order valence-electron chi connectivity index (χ3n) is 2.14. The van der Waals surface area contributed by atoms with Gasteiger partial charge in [0.25, 0.3) is 0 Å². The fraction of sp³-hybridized carbons (Fsp3) is 0.100. The van der Waals surface area contributed by atoms with Gasteiger partial charge in [-0.15, -0.1) is 5.48 Å². The monoisotopic (exact) mass is 221 g/mol. The van der Waals surface area contributed by atoms with Crippen LogP contribution in [0, 0.1) is 11.3 Å². The second-order valence-corrected chi connectivity index (χ2v) is 3.53. The number of hydroxylamine groups is 1. The van der Waals surface area contributed by atoms with Gasteiger partial charge in [-0.05, 0) is 17.7 Å². The SMILES string of the molecule is N#CC1=C(N)ONC1c1cccc(Cl)c1. The molecule has 0 fully saturated rings. The summed E-state index contributed by atoms with van der Waals surface area (Å²) in [6, 6.07) is 8.85. The van der Waals surface area contributed by atoms with E-state index in [2.05, 4.69) is 5.48 Å². The Kier molecular flexibility index (Phi) is 2.50. The van der Waals surface area contributed by atoms with Gasteiger partial charge in [0.2, 0.25) is 5.88 Å². The van der Waals surface area contributed by atoms with Gasteiger partial charge in [0.1, 0.15) is 17.7 Å². The molecule has 0 amide bonds. The number of nitriles is 1. The fourth-order valence-corrected chi connectivity index (χ4v) is 1.62. The molecule has 0 aliphatic carbocycles. The second kappa shape index (κ2) is 3.81. The molecule has 0 aromatic heterocycles. The quantitative estimate of drug-likeness (QED) is 0.756. The zero-order valence-electron chi connectivity index (χ0n) is 7.70. The van der Waals surface area contributed by atoms with E-state index in [1.54, 1.807) is 12.1 Å². The second-order valence-electron chi connectivity index (χ2n) is 3.10. The molecular weight excluding hydrogens is 214 g/mol. The Morgan fingerprint density at radius 2 is 2.33 bits per heavy atom. The lowest BCUT2D eigenvalue weighted by atomic mass is 10.0. The van der Waals surface area contributed by atoms with E-state index in [0.29, 0.717) is 10.6 Å². The minimum atomic E-state index is -0.339. The summed E-state index contributed by atoms with van der Waals surface area (Å²) in [4.78, 5) is 4.91. The molecule has 1 atom stereocenters. The third kappa shape index (κ3) is 1.75. The van der Waals surface area contributed by atoms with Crippen molar-refractivity contribution in [1.82, 2.24) is 5.48 Å². The molecule has 1 aromatic carbocycles. The number of benzene rings is 1. The van der Waals surface area contributed by atoms with Gasteiger partial charge < -0.3 is 10.6 Å². The van der Waals surface area contributed by atoms with E-state index < -0.39 is 0 Å². The number of nitrogens with two attached hydrogens (primary N) is 1. The Labute approximate surface area is 91.8 Å². The molecule has 0 saturated heterocycles. The normalized spacial score (nSPS) is 19.9. The molecule has 3 N–H and O–H groups in total. The molecule has 1 aliphatic heterocycles. The van der Waals surface area contributed by atoms with Crippen molar-refractivity contribution in [3.8, 4) is 6.07 Å². The summed E-state index contributed by atoms with van der Waals surface area (Å²) in [5.41, 5.74) is 9.38. The number of halogens is 1. The highest BCUT2D eigenvalue weighted by atomic mass is 35.5. The molecule has 1 aromatic rings. The van der Waals surface area contributed by atoms with E-state index in [4.69, 9.17) is 27.4 Å². The molecular formula is C10H8ClN3O. The molecule has 76 valence electrons. The molecule has 0 saturated carbocycles. The molecule has 1 heterocycles. The highest BCUT2D eigenvalue weighted by molar-refractivity contribution is 6.30. The van der Waals surface area contributed by atoms with Crippen LogP contribution in [0.1, 0.15) is 11.6 Å². The summed E-state index contributed by atoms with van der Waals surface area (Å²) < 4.78 is 0. The third-order valence-corrected chi connectivity index (χ3v) is 2.38. The van der Waals surface area contributed by atoms with Crippen molar-refractivity contribution in [2.24, 2.45) is 5.73 Å². The number of hydrogen-bond donors (Lipinski definition) is 2. The van der Waals surface area contributed by atoms with Gasteiger partial charge in [-0.3, -0.25) is 0 Å². The maximum absolute atomic E-state index is 8.90. The molecule has 0 bridgehead atoms. The van der Waals surface area contributed by atoms with Crippen molar-refractivity contribution in [1.29, 1.82) is 5.26 Å². The molecule has 4 nitrogen and oxygen atoms in total. The van der Waals surface area contributed by atoms with Crippen LogP contribution >= 0.6 is 11.6 Å². The van der Waals surface area contributed by atoms with E-state index >= 15 is 0 Å². The first kappa shape index (κ1) is 9.84. The smallest absolute Gasteiger partial charge is 0.225 e. The van der Waals surface area contributed by atoms with Crippen LogP contribution in [0.15, 0.2) is 35.7 Å². The van der Waals surface area contributed by atoms with E-state index in [-0.39, 0.29) is 11.9 Å². The Balaban J connectivity index is 2.38. The standard InChI is InChI=1S/C10H8ClN3O/c11-7-3-1-2-6(4-7)9-8(5-12)10(13)15-14-9/h1-4,9,14H,13H2. The van der Waals surface area contributed by atoms with Crippen molar-refractivity contribution < 1.29 is 4.84 Å². The van der Waals surface area contributed by atoms with Crippen LogP contribution in [0.3, 0.4) is 0 Å². The van der Waals surface area contributed by atoms with Crippen molar-refractivity contribution in [3.63, 3.8) is 0 Å². The molecule has 0 spiro atoms. The minimum Gasteiger partial charge on any atom is -0.389 e. The lowest BCUT2D eigenvalue weighted by Crippen LogP contribution is -2.15. The average molecular weight is 222 g/mol. The van der Waals surface area contributed by atoms with Crippen molar-refractivity contribution >= 4 is 11.6 Å². The van der Waals surface area contributed by atoms with Gasteiger partial charge in [0, 0.05) is 5.02 Å². The highest BCUT2D eigenvalue weighted by Gasteiger charge is 2.27. The summed E-state index contributed by atoms with van der Waals surface area (Å²) in [6.45, 7) is 0. The summed E-state index contributed by atoms with van der Waals surface area (Å²) in [5.74, 6) is 0.113. The Bertz CT molecular complexity index is 464. The lowest BCUT2D eigenvalue weighted by Gasteiger charge is -2.08.